The molecule has 0 atom stereocenters. The second-order valence-corrected chi connectivity index (χ2v) is 8.41. The van der Waals surface area contributed by atoms with E-state index < -0.39 is 15.9 Å². The number of amides is 1. The Hall–Kier alpha value is -2.10. The van der Waals surface area contributed by atoms with Crippen LogP contribution in [0.15, 0.2) is 41.8 Å². The van der Waals surface area contributed by atoms with Crippen molar-refractivity contribution in [3.05, 3.63) is 47.5 Å². The number of anilines is 1. The molecule has 1 amide bonds. The van der Waals surface area contributed by atoms with Crippen LogP contribution >= 0.6 is 11.3 Å². The Labute approximate surface area is 157 Å². The van der Waals surface area contributed by atoms with Crippen molar-refractivity contribution in [1.82, 2.24) is 14.9 Å². The van der Waals surface area contributed by atoms with Gasteiger partial charge in [-0.3, -0.25) is 10.1 Å². The molecule has 9 heteroatoms. The van der Waals surface area contributed by atoms with Gasteiger partial charge in [0.15, 0.2) is 0 Å². The van der Waals surface area contributed by atoms with Crippen LogP contribution in [-0.2, 0) is 16.4 Å². The summed E-state index contributed by atoms with van der Waals surface area (Å²) in [5.74, 6) is -0.429. The van der Waals surface area contributed by atoms with Crippen LogP contribution in [0, 0.1) is 0 Å². The van der Waals surface area contributed by atoms with Gasteiger partial charge in [-0.15, -0.1) is 16.8 Å². The van der Waals surface area contributed by atoms with E-state index >= 15 is 0 Å². The molecule has 2 rings (SSSR count). The molecule has 0 radical (unpaired) electrons. The molecule has 0 bridgehead atoms. The molecule has 0 spiro atoms. The second kappa shape index (κ2) is 9.56. The lowest BCUT2D eigenvalue weighted by atomic mass is 10.2. The topological polar surface area (TPSA) is 101 Å². The van der Waals surface area contributed by atoms with Gasteiger partial charge in [0.1, 0.15) is 5.01 Å². The summed E-state index contributed by atoms with van der Waals surface area (Å²) in [6, 6.07) is 5.82. The molecule has 0 aliphatic heterocycles. The van der Waals surface area contributed by atoms with E-state index in [1.54, 1.807) is 6.07 Å². The van der Waals surface area contributed by atoms with Crippen LogP contribution in [0.3, 0.4) is 0 Å². The summed E-state index contributed by atoms with van der Waals surface area (Å²) >= 11 is 1.33. The molecule has 1 aromatic heterocycles. The average Bonchev–Trinajstić information content (AvgIpc) is 3.07. The van der Waals surface area contributed by atoms with Crippen LogP contribution < -0.4 is 10.0 Å². The largest absolute Gasteiger partial charge is 0.296 e. The van der Waals surface area contributed by atoms with Crippen LogP contribution in [-0.4, -0.2) is 31.1 Å². The van der Waals surface area contributed by atoms with E-state index in [2.05, 4.69) is 33.7 Å². The van der Waals surface area contributed by atoms with Crippen LogP contribution in [0.4, 0.5) is 5.13 Å². The van der Waals surface area contributed by atoms with Crippen LogP contribution in [0.25, 0.3) is 0 Å². The predicted molar refractivity (Wildman–Crippen MR) is 103 cm³/mol. The number of benzene rings is 1. The van der Waals surface area contributed by atoms with E-state index in [0.29, 0.717) is 5.13 Å². The zero-order valence-electron chi connectivity index (χ0n) is 14.6. The molecule has 140 valence electrons. The van der Waals surface area contributed by atoms with Crippen molar-refractivity contribution in [3.63, 3.8) is 0 Å². The third-order valence-corrected chi connectivity index (χ3v) is 5.83. The number of hydrogen-bond acceptors (Lipinski definition) is 6. The Morgan fingerprint density at radius 2 is 2.12 bits per heavy atom. The number of aromatic nitrogens is 2. The molecule has 0 fully saturated rings. The molecular weight excluding hydrogens is 372 g/mol. The smallest absolute Gasteiger partial charge is 0.257 e. The quantitative estimate of drug-likeness (QED) is 0.476. The fraction of sp³-hybridized carbons (Fsp3) is 0.353. The van der Waals surface area contributed by atoms with Gasteiger partial charge < -0.3 is 0 Å². The highest BCUT2D eigenvalue weighted by molar-refractivity contribution is 7.89. The standard InChI is InChI=1S/C17H22N4O3S2/c1-3-5-6-10-15-20-21-17(25-15)19-16(22)13-8-7-9-14(12-13)26(23,24)18-11-4-2/h4,7-9,12,18H,2-3,5-6,10-11H2,1H3,(H,19,21,22). The third kappa shape index (κ3) is 5.72. The fourth-order valence-corrected chi connectivity index (χ4v) is 3.98. The van der Waals surface area contributed by atoms with Gasteiger partial charge in [0.25, 0.3) is 5.91 Å². The molecule has 2 N–H and O–H groups in total. The van der Waals surface area contributed by atoms with E-state index in [0.717, 1.165) is 30.7 Å². The van der Waals surface area contributed by atoms with E-state index in [1.165, 1.54) is 35.6 Å². The minimum Gasteiger partial charge on any atom is -0.296 e. The second-order valence-electron chi connectivity index (χ2n) is 5.58. The van der Waals surface area contributed by atoms with Crippen LogP contribution in [0.1, 0.15) is 41.6 Å². The van der Waals surface area contributed by atoms with Gasteiger partial charge in [0.2, 0.25) is 15.2 Å². The lowest BCUT2D eigenvalue weighted by molar-refractivity contribution is 0.102. The molecule has 0 saturated carbocycles. The minimum absolute atomic E-state index is 0.0181. The molecule has 0 unspecified atom stereocenters. The normalized spacial score (nSPS) is 11.3. The van der Waals surface area contributed by atoms with Crippen molar-refractivity contribution in [2.45, 2.75) is 37.5 Å². The number of sulfonamides is 1. The van der Waals surface area contributed by atoms with Gasteiger partial charge in [-0.05, 0) is 24.6 Å². The molecule has 0 aliphatic rings. The Morgan fingerprint density at radius 3 is 2.85 bits per heavy atom. The summed E-state index contributed by atoms with van der Waals surface area (Å²) in [7, 11) is -3.69. The number of unbranched alkanes of at least 4 members (excludes halogenated alkanes) is 2. The first-order chi connectivity index (χ1) is 12.5. The van der Waals surface area contributed by atoms with Crippen molar-refractivity contribution in [1.29, 1.82) is 0 Å². The molecule has 0 aliphatic carbocycles. The first-order valence-corrected chi connectivity index (χ1v) is 10.6. The number of carbonyl (C=O) groups is 1. The first kappa shape index (κ1) is 20.2. The average molecular weight is 395 g/mol. The molecular formula is C17H22N4O3S2. The molecule has 7 nitrogen and oxygen atoms in total. The van der Waals surface area contributed by atoms with Crippen molar-refractivity contribution in [2.75, 3.05) is 11.9 Å². The van der Waals surface area contributed by atoms with Gasteiger partial charge >= 0.3 is 0 Å². The molecule has 2 aromatic rings. The SMILES string of the molecule is C=CCNS(=O)(=O)c1cccc(C(=O)Nc2nnc(CCCCC)s2)c1. The van der Waals surface area contributed by atoms with Crippen molar-refractivity contribution in [3.8, 4) is 0 Å². The Bertz CT molecular complexity index is 862. The first-order valence-electron chi connectivity index (χ1n) is 8.30. The number of nitrogens with zero attached hydrogens (tertiary/aromatic N) is 2. The zero-order valence-corrected chi connectivity index (χ0v) is 16.2. The van der Waals surface area contributed by atoms with E-state index in [-0.39, 0.29) is 17.0 Å². The summed E-state index contributed by atoms with van der Waals surface area (Å²) in [6.07, 6.45) is 5.58. The molecule has 26 heavy (non-hydrogen) atoms. The Balaban J connectivity index is 2.06. The molecule has 1 heterocycles. The number of hydrogen-bond donors (Lipinski definition) is 2. The summed E-state index contributed by atoms with van der Waals surface area (Å²) in [5, 5.41) is 12.0. The molecule has 1 aromatic carbocycles. The minimum atomic E-state index is -3.69. The maximum absolute atomic E-state index is 12.4. The van der Waals surface area contributed by atoms with Crippen LogP contribution in [0.5, 0.6) is 0 Å². The van der Waals surface area contributed by atoms with Gasteiger partial charge in [0.05, 0.1) is 4.90 Å². The Morgan fingerprint density at radius 1 is 1.31 bits per heavy atom. The van der Waals surface area contributed by atoms with Crippen LogP contribution in [0.2, 0.25) is 0 Å². The fourth-order valence-electron chi connectivity index (χ4n) is 2.16. The summed E-state index contributed by atoms with van der Waals surface area (Å²) in [6.45, 7) is 5.72. The van der Waals surface area contributed by atoms with E-state index in [1.807, 2.05) is 0 Å². The van der Waals surface area contributed by atoms with E-state index in [4.69, 9.17) is 0 Å². The third-order valence-electron chi connectivity index (χ3n) is 3.51. The van der Waals surface area contributed by atoms with E-state index in [9.17, 15) is 13.2 Å². The van der Waals surface area contributed by atoms with Gasteiger partial charge in [0, 0.05) is 18.5 Å². The zero-order chi connectivity index (χ0) is 19.0. The van der Waals surface area contributed by atoms with Gasteiger partial charge in [-0.1, -0.05) is 43.2 Å². The molecule has 0 saturated heterocycles. The maximum atomic E-state index is 12.4. The van der Waals surface area contributed by atoms with Gasteiger partial charge in [-0.25, -0.2) is 13.1 Å². The highest BCUT2D eigenvalue weighted by Crippen LogP contribution is 2.19. The monoisotopic (exact) mass is 394 g/mol. The summed E-state index contributed by atoms with van der Waals surface area (Å²) in [4.78, 5) is 12.4. The number of rotatable bonds is 10. The van der Waals surface area contributed by atoms with Crippen molar-refractivity contribution in [2.24, 2.45) is 0 Å². The number of aryl methyl sites for hydroxylation is 1. The summed E-state index contributed by atoms with van der Waals surface area (Å²) < 4.78 is 26.7. The van der Waals surface area contributed by atoms with Gasteiger partial charge in [-0.2, -0.15) is 0 Å². The number of carbonyl (C=O) groups excluding carboxylic acids is 1. The highest BCUT2D eigenvalue weighted by atomic mass is 32.2. The highest BCUT2D eigenvalue weighted by Gasteiger charge is 2.16. The lowest BCUT2D eigenvalue weighted by Crippen LogP contribution is -2.24. The maximum Gasteiger partial charge on any atom is 0.257 e. The summed E-state index contributed by atoms with van der Waals surface area (Å²) in [5.41, 5.74) is 0.231. The number of nitrogens with one attached hydrogen (secondary N) is 2. The Kier molecular flexibility index (Phi) is 7.43. The van der Waals surface area contributed by atoms with Crippen molar-refractivity contribution >= 4 is 32.4 Å². The predicted octanol–water partition coefficient (Wildman–Crippen LogP) is 2.99. The lowest BCUT2D eigenvalue weighted by Gasteiger charge is -2.06. The van der Waals surface area contributed by atoms with Crippen molar-refractivity contribution < 1.29 is 13.2 Å².